The number of rotatable bonds is 1. The Hall–Kier alpha value is -1.40. The van der Waals surface area contributed by atoms with Crippen LogP contribution in [0.25, 0.3) is 0 Å². The third-order valence-corrected chi connectivity index (χ3v) is 3.06. The Balaban J connectivity index is 2.42. The molecule has 0 atom stereocenters. The summed E-state index contributed by atoms with van der Waals surface area (Å²) < 4.78 is 13.6. The lowest BCUT2D eigenvalue weighted by Crippen LogP contribution is -2.39. The van der Waals surface area contributed by atoms with E-state index in [4.69, 9.17) is 0 Å². The van der Waals surface area contributed by atoms with Crippen LogP contribution in [0.4, 0.5) is 4.39 Å². The van der Waals surface area contributed by atoms with E-state index in [-0.39, 0.29) is 5.82 Å². The first-order valence-corrected chi connectivity index (χ1v) is 5.15. The van der Waals surface area contributed by atoms with Crippen LogP contribution in [-0.2, 0) is 5.41 Å². The molecule has 1 saturated heterocycles. The van der Waals surface area contributed by atoms with E-state index in [9.17, 15) is 9.65 Å². The zero-order chi connectivity index (χ0) is 10.7. The van der Waals surface area contributed by atoms with Gasteiger partial charge >= 0.3 is 0 Å². The first-order chi connectivity index (χ1) is 7.28. The number of benzene rings is 1. The van der Waals surface area contributed by atoms with Crippen molar-refractivity contribution in [1.82, 2.24) is 5.32 Å². The van der Waals surface area contributed by atoms with E-state index in [2.05, 4.69) is 11.4 Å². The van der Waals surface area contributed by atoms with E-state index in [1.807, 2.05) is 0 Å². The van der Waals surface area contributed by atoms with Crippen LogP contribution in [-0.4, -0.2) is 13.1 Å². The van der Waals surface area contributed by atoms with Crippen LogP contribution in [0.3, 0.4) is 0 Å². The summed E-state index contributed by atoms with van der Waals surface area (Å²) in [5.74, 6) is -0.263. The van der Waals surface area contributed by atoms with E-state index < -0.39 is 5.41 Å². The molecule has 0 saturated carbocycles. The van der Waals surface area contributed by atoms with Crippen molar-refractivity contribution in [2.45, 2.75) is 18.3 Å². The van der Waals surface area contributed by atoms with Crippen molar-refractivity contribution >= 4 is 0 Å². The Kier molecular flexibility index (Phi) is 2.70. The lowest BCUT2D eigenvalue weighted by atomic mass is 9.74. The molecule has 0 radical (unpaired) electrons. The highest BCUT2D eigenvalue weighted by Gasteiger charge is 2.35. The molecule has 0 spiro atoms. The number of hydrogen-bond acceptors (Lipinski definition) is 2. The SMILES string of the molecule is N#CC1(c2ccccc2F)CCNCC1. The molecular formula is C12H13FN2. The van der Waals surface area contributed by atoms with E-state index in [0.29, 0.717) is 18.4 Å². The second kappa shape index (κ2) is 4.00. The van der Waals surface area contributed by atoms with Gasteiger partial charge in [-0.3, -0.25) is 0 Å². The Morgan fingerprint density at radius 3 is 2.53 bits per heavy atom. The van der Waals surface area contributed by atoms with Gasteiger partial charge in [0, 0.05) is 5.56 Å². The van der Waals surface area contributed by atoms with E-state index in [1.165, 1.54) is 6.07 Å². The summed E-state index contributed by atoms with van der Waals surface area (Å²) in [6.45, 7) is 1.56. The van der Waals surface area contributed by atoms with E-state index in [1.54, 1.807) is 18.2 Å². The highest BCUT2D eigenvalue weighted by Crippen LogP contribution is 2.34. The van der Waals surface area contributed by atoms with Gasteiger partial charge in [0.1, 0.15) is 5.82 Å². The standard InChI is InChI=1S/C12H13FN2/c13-11-4-2-1-3-10(11)12(9-14)5-7-15-8-6-12/h1-4,15H,5-8H2. The number of nitriles is 1. The maximum absolute atomic E-state index is 13.6. The molecule has 1 aromatic carbocycles. The van der Waals surface area contributed by atoms with Crippen molar-refractivity contribution in [3.63, 3.8) is 0 Å². The van der Waals surface area contributed by atoms with Crippen molar-refractivity contribution in [2.24, 2.45) is 0 Å². The molecule has 0 amide bonds. The van der Waals surface area contributed by atoms with Gasteiger partial charge in [0.2, 0.25) is 0 Å². The lowest BCUT2D eigenvalue weighted by Gasteiger charge is -2.31. The van der Waals surface area contributed by atoms with Gasteiger partial charge in [0.15, 0.2) is 0 Å². The van der Waals surface area contributed by atoms with Crippen LogP contribution in [0.5, 0.6) is 0 Å². The number of nitrogens with one attached hydrogen (secondary N) is 1. The van der Waals surface area contributed by atoms with E-state index >= 15 is 0 Å². The second-order valence-electron chi connectivity index (χ2n) is 3.92. The lowest BCUT2D eigenvalue weighted by molar-refractivity contribution is 0.370. The predicted octanol–water partition coefficient (Wildman–Crippen LogP) is 1.97. The molecule has 15 heavy (non-hydrogen) atoms. The smallest absolute Gasteiger partial charge is 0.128 e. The summed E-state index contributed by atoms with van der Waals surface area (Å²) in [6.07, 6.45) is 1.37. The van der Waals surface area contributed by atoms with Crippen LogP contribution in [0.2, 0.25) is 0 Å². The molecule has 0 aromatic heterocycles. The molecular weight excluding hydrogens is 191 g/mol. The minimum atomic E-state index is -0.628. The van der Waals surface area contributed by atoms with Gasteiger partial charge in [-0.05, 0) is 32.0 Å². The molecule has 1 aliphatic heterocycles. The van der Waals surface area contributed by atoms with Crippen molar-refractivity contribution < 1.29 is 4.39 Å². The van der Waals surface area contributed by atoms with Gasteiger partial charge in [0.25, 0.3) is 0 Å². The van der Waals surface area contributed by atoms with Crippen molar-refractivity contribution in [1.29, 1.82) is 5.26 Å². The fourth-order valence-corrected chi connectivity index (χ4v) is 2.14. The number of halogens is 1. The average molecular weight is 204 g/mol. The molecule has 1 aromatic rings. The molecule has 2 rings (SSSR count). The Morgan fingerprint density at radius 1 is 1.27 bits per heavy atom. The molecule has 1 fully saturated rings. The van der Waals surface area contributed by atoms with Gasteiger partial charge in [-0.25, -0.2) is 4.39 Å². The first-order valence-electron chi connectivity index (χ1n) is 5.15. The fourth-order valence-electron chi connectivity index (χ4n) is 2.14. The minimum Gasteiger partial charge on any atom is -0.317 e. The quantitative estimate of drug-likeness (QED) is 0.759. The average Bonchev–Trinajstić information content (AvgIpc) is 2.30. The van der Waals surface area contributed by atoms with Crippen molar-refractivity contribution in [3.05, 3.63) is 35.6 Å². The zero-order valence-corrected chi connectivity index (χ0v) is 8.46. The maximum Gasteiger partial charge on any atom is 0.128 e. The number of hydrogen-bond donors (Lipinski definition) is 1. The number of nitrogens with zero attached hydrogens (tertiary/aromatic N) is 1. The van der Waals surface area contributed by atoms with Crippen LogP contribution in [0.15, 0.2) is 24.3 Å². The minimum absolute atomic E-state index is 0.263. The van der Waals surface area contributed by atoms with Gasteiger partial charge in [-0.15, -0.1) is 0 Å². The van der Waals surface area contributed by atoms with Crippen LogP contribution in [0.1, 0.15) is 18.4 Å². The summed E-state index contributed by atoms with van der Waals surface area (Å²) in [6, 6.07) is 8.90. The summed E-state index contributed by atoms with van der Waals surface area (Å²) in [7, 11) is 0. The fraction of sp³-hybridized carbons (Fsp3) is 0.417. The topological polar surface area (TPSA) is 35.8 Å². The molecule has 0 aliphatic carbocycles. The maximum atomic E-state index is 13.6. The van der Waals surface area contributed by atoms with E-state index in [0.717, 1.165) is 13.1 Å². The van der Waals surface area contributed by atoms with Gasteiger partial charge < -0.3 is 5.32 Å². The molecule has 1 aliphatic rings. The predicted molar refractivity (Wildman–Crippen MR) is 55.8 cm³/mol. The van der Waals surface area contributed by atoms with Gasteiger partial charge in [-0.1, -0.05) is 18.2 Å². The molecule has 0 bridgehead atoms. The molecule has 78 valence electrons. The van der Waals surface area contributed by atoms with Crippen LogP contribution < -0.4 is 5.32 Å². The molecule has 3 heteroatoms. The van der Waals surface area contributed by atoms with Crippen molar-refractivity contribution in [3.8, 4) is 6.07 Å². The Bertz CT molecular complexity index is 389. The Labute approximate surface area is 88.7 Å². The van der Waals surface area contributed by atoms with Gasteiger partial charge in [0.05, 0.1) is 11.5 Å². The molecule has 0 unspecified atom stereocenters. The second-order valence-corrected chi connectivity index (χ2v) is 3.92. The summed E-state index contributed by atoms with van der Waals surface area (Å²) in [4.78, 5) is 0. The summed E-state index contributed by atoms with van der Waals surface area (Å²) in [5, 5.41) is 12.5. The molecule has 1 heterocycles. The Morgan fingerprint density at radius 2 is 1.93 bits per heavy atom. The highest BCUT2D eigenvalue weighted by atomic mass is 19.1. The van der Waals surface area contributed by atoms with Crippen molar-refractivity contribution in [2.75, 3.05) is 13.1 Å². The highest BCUT2D eigenvalue weighted by molar-refractivity contribution is 5.34. The van der Waals surface area contributed by atoms with Gasteiger partial charge in [-0.2, -0.15) is 5.26 Å². The third kappa shape index (κ3) is 1.73. The first kappa shape index (κ1) is 10.1. The molecule has 2 nitrogen and oxygen atoms in total. The monoisotopic (exact) mass is 204 g/mol. The largest absolute Gasteiger partial charge is 0.317 e. The normalized spacial score (nSPS) is 19.5. The third-order valence-electron chi connectivity index (χ3n) is 3.06. The van der Waals surface area contributed by atoms with Crippen LogP contribution >= 0.6 is 0 Å². The molecule has 1 N–H and O–H groups in total. The number of piperidine rings is 1. The summed E-state index contributed by atoms with van der Waals surface area (Å²) in [5.41, 5.74) is -0.0784. The summed E-state index contributed by atoms with van der Waals surface area (Å²) >= 11 is 0. The zero-order valence-electron chi connectivity index (χ0n) is 8.46. The van der Waals surface area contributed by atoms with Crippen LogP contribution in [0, 0.1) is 17.1 Å².